The summed E-state index contributed by atoms with van der Waals surface area (Å²) in [5, 5.41) is 5.41. The van der Waals surface area contributed by atoms with Gasteiger partial charge in [0.15, 0.2) is 0 Å². The number of alkyl carbamates (subject to hydrolysis) is 2. The summed E-state index contributed by atoms with van der Waals surface area (Å²) in [6.07, 6.45) is 0.840. The Labute approximate surface area is 391 Å². The molecule has 0 aromatic heterocycles. The predicted octanol–water partition coefficient (Wildman–Crippen LogP) is 9.09. The van der Waals surface area contributed by atoms with Crippen LogP contribution in [-0.4, -0.2) is 115 Å². The molecule has 5 amide bonds. The Morgan fingerprint density at radius 1 is 0.492 bits per heavy atom. The minimum absolute atomic E-state index is 0.0576. The first kappa shape index (κ1) is 57.6. The lowest BCUT2D eigenvalue weighted by Gasteiger charge is -2.35. The SMILES string of the molecule is CC.CC.CC.CN1CC(c2ccccc2)CC(NC(=O)OC(C)(C)C)C1=O.CN1C[C@H](c2ccccc2)C[C@H](N)C1=O.CN1C[C@H](c2ccccc2)C[C@H](NC(=O)OC(C)(C)C)C1=O. The molecule has 6 atom stereocenters. The maximum absolute atomic E-state index is 12.3. The van der Waals surface area contributed by atoms with Crippen LogP contribution in [0.3, 0.4) is 0 Å². The van der Waals surface area contributed by atoms with E-state index in [4.69, 9.17) is 15.2 Å². The molecule has 4 N–H and O–H groups in total. The fraction of sp³-hybridized carbons (Fsp3) is 0.558. The quantitative estimate of drug-likeness (QED) is 0.228. The molecule has 0 radical (unpaired) electrons. The first-order valence-electron chi connectivity index (χ1n) is 23.3. The normalized spacial score (nSPS) is 21.6. The van der Waals surface area contributed by atoms with Gasteiger partial charge in [0.1, 0.15) is 23.3 Å². The van der Waals surface area contributed by atoms with Crippen LogP contribution in [0.2, 0.25) is 0 Å². The van der Waals surface area contributed by atoms with Crippen molar-refractivity contribution in [1.29, 1.82) is 0 Å². The van der Waals surface area contributed by atoms with E-state index >= 15 is 0 Å². The summed E-state index contributed by atoms with van der Waals surface area (Å²) in [6, 6.07) is 28.9. The van der Waals surface area contributed by atoms with Crippen molar-refractivity contribution >= 4 is 29.9 Å². The predicted molar refractivity (Wildman–Crippen MR) is 263 cm³/mol. The highest BCUT2D eigenvalue weighted by Crippen LogP contribution is 2.29. The molecule has 3 aliphatic rings. The highest BCUT2D eigenvalue weighted by Gasteiger charge is 2.36. The molecule has 3 aliphatic heterocycles. The van der Waals surface area contributed by atoms with Crippen LogP contribution in [0.5, 0.6) is 0 Å². The van der Waals surface area contributed by atoms with Gasteiger partial charge in [-0.1, -0.05) is 133 Å². The van der Waals surface area contributed by atoms with Crippen LogP contribution in [0.25, 0.3) is 0 Å². The summed E-state index contributed by atoms with van der Waals surface area (Å²) < 4.78 is 10.5. The molecule has 0 spiro atoms. The van der Waals surface area contributed by atoms with E-state index in [1.54, 1.807) is 70.3 Å². The molecular weight excluding hydrogens is 821 g/mol. The Balaban J connectivity index is 0.000000467. The van der Waals surface area contributed by atoms with Crippen molar-refractivity contribution in [2.24, 2.45) is 5.73 Å². The molecule has 3 fully saturated rings. The summed E-state index contributed by atoms with van der Waals surface area (Å²) in [5.74, 6) is 0.717. The van der Waals surface area contributed by atoms with Crippen LogP contribution in [0.1, 0.15) is 137 Å². The van der Waals surface area contributed by atoms with Crippen LogP contribution in [0.15, 0.2) is 91.0 Å². The van der Waals surface area contributed by atoms with Gasteiger partial charge in [0.25, 0.3) is 0 Å². The third-order valence-electron chi connectivity index (χ3n) is 10.3. The number of carbonyl (C=O) groups excluding carboxylic acids is 5. The molecule has 6 rings (SSSR count). The minimum Gasteiger partial charge on any atom is -0.444 e. The van der Waals surface area contributed by atoms with Gasteiger partial charge in [-0.15, -0.1) is 0 Å². The van der Waals surface area contributed by atoms with Gasteiger partial charge in [0, 0.05) is 58.5 Å². The third kappa shape index (κ3) is 20.1. The molecule has 3 heterocycles. The number of nitrogens with one attached hydrogen (secondary N) is 2. The van der Waals surface area contributed by atoms with Gasteiger partial charge in [-0.2, -0.15) is 0 Å². The molecule has 13 heteroatoms. The Morgan fingerprint density at radius 2 is 0.754 bits per heavy atom. The highest BCUT2D eigenvalue weighted by molar-refractivity contribution is 5.87. The van der Waals surface area contributed by atoms with E-state index in [0.29, 0.717) is 31.8 Å². The van der Waals surface area contributed by atoms with Gasteiger partial charge < -0.3 is 40.5 Å². The first-order valence-corrected chi connectivity index (χ1v) is 23.3. The summed E-state index contributed by atoms with van der Waals surface area (Å²) in [5.41, 5.74) is 8.28. The van der Waals surface area contributed by atoms with E-state index in [2.05, 4.69) is 47.0 Å². The van der Waals surface area contributed by atoms with E-state index in [-0.39, 0.29) is 35.6 Å². The van der Waals surface area contributed by atoms with Crippen molar-refractivity contribution in [3.63, 3.8) is 0 Å². The van der Waals surface area contributed by atoms with Crippen LogP contribution in [0, 0.1) is 0 Å². The number of nitrogens with two attached hydrogens (primary N) is 1. The maximum Gasteiger partial charge on any atom is 0.408 e. The number of rotatable bonds is 5. The smallest absolute Gasteiger partial charge is 0.408 e. The number of amides is 5. The van der Waals surface area contributed by atoms with Crippen molar-refractivity contribution in [2.45, 2.75) is 149 Å². The number of likely N-dealkylation sites (tertiary alicyclic amines) is 3. The molecule has 2 unspecified atom stereocenters. The molecule has 65 heavy (non-hydrogen) atoms. The number of benzene rings is 3. The highest BCUT2D eigenvalue weighted by atomic mass is 16.6. The van der Waals surface area contributed by atoms with Gasteiger partial charge in [0.05, 0.1) is 6.04 Å². The number of piperidine rings is 3. The molecule has 3 aromatic carbocycles. The van der Waals surface area contributed by atoms with Crippen molar-refractivity contribution in [3.8, 4) is 0 Å². The summed E-state index contributed by atoms with van der Waals surface area (Å²) in [6.45, 7) is 24.9. The van der Waals surface area contributed by atoms with E-state index in [9.17, 15) is 24.0 Å². The van der Waals surface area contributed by atoms with Gasteiger partial charge in [-0.25, -0.2) is 9.59 Å². The zero-order chi connectivity index (χ0) is 49.5. The van der Waals surface area contributed by atoms with Crippen molar-refractivity contribution in [1.82, 2.24) is 25.3 Å². The summed E-state index contributed by atoms with van der Waals surface area (Å²) in [7, 11) is 5.35. The fourth-order valence-electron chi connectivity index (χ4n) is 7.52. The second-order valence-corrected chi connectivity index (χ2v) is 17.7. The number of hydrogen-bond donors (Lipinski definition) is 3. The van der Waals surface area contributed by atoms with Crippen molar-refractivity contribution in [3.05, 3.63) is 108 Å². The Bertz CT molecular complexity index is 1740. The molecule has 13 nitrogen and oxygen atoms in total. The first-order chi connectivity index (χ1) is 30.7. The van der Waals surface area contributed by atoms with Gasteiger partial charge in [-0.3, -0.25) is 14.4 Å². The average Bonchev–Trinajstić information content (AvgIpc) is 3.28. The Morgan fingerprint density at radius 3 is 1.02 bits per heavy atom. The second kappa shape index (κ2) is 28.5. The van der Waals surface area contributed by atoms with Gasteiger partial charge >= 0.3 is 12.2 Å². The zero-order valence-corrected chi connectivity index (χ0v) is 42.1. The Kier molecular flexibility index (Phi) is 25.2. The number of hydrogen-bond acceptors (Lipinski definition) is 8. The number of nitrogens with zero attached hydrogens (tertiary/aromatic N) is 3. The lowest BCUT2D eigenvalue weighted by Crippen LogP contribution is -2.53. The van der Waals surface area contributed by atoms with Crippen LogP contribution in [0.4, 0.5) is 9.59 Å². The molecule has 362 valence electrons. The summed E-state index contributed by atoms with van der Waals surface area (Å²) in [4.78, 5) is 64.9. The van der Waals surface area contributed by atoms with E-state index in [1.165, 1.54) is 16.7 Å². The lowest BCUT2D eigenvalue weighted by atomic mass is 9.88. The molecule has 0 bridgehead atoms. The van der Waals surface area contributed by atoms with E-state index in [0.717, 1.165) is 13.0 Å². The van der Waals surface area contributed by atoms with Gasteiger partial charge in [0.2, 0.25) is 17.7 Å². The number of ether oxygens (including phenoxy) is 2. The molecular formula is C52H82N6O7. The minimum atomic E-state index is -0.577. The average molecular weight is 903 g/mol. The lowest BCUT2D eigenvalue weighted by molar-refractivity contribution is -0.135. The second-order valence-electron chi connectivity index (χ2n) is 17.7. The topological polar surface area (TPSA) is 164 Å². The Hall–Kier alpha value is -5.43. The van der Waals surface area contributed by atoms with Crippen LogP contribution in [-0.2, 0) is 23.9 Å². The molecule has 3 saturated heterocycles. The van der Waals surface area contributed by atoms with Crippen LogP contribution >= 0.6 is 0 Å². The van der Waals surface area contributed by atoms with Crippen molar-refractivity contribution in [2.75, 3.05) is 40.8 Å². The van der Waals surface area contributed by atoms with E-state index < -0.39 is 35.5 Å². The van der Waals surface area contributed by atoms with E-state index in [1.807, 2.05) is 103 Å². The largest absolute Gasteiger partial charge is 0.444 e. The monoisotopic (exact) mass is 903 g/mol. The van der Waals surface area contributed by atoms with Gasteiger partial charge in [-0.05, 0) is 77.5 Å². The maximum atomic E-state index is 12.3. The third-order valence-corrected chi connectivity index (χ3v) is 10.3. The molecule has 0 saturated carbocycles. The molecule has 3 aromatic rings. The fourth-order valence-corrected chi connectivity index (χ4v) is 7.52. The van der Waals surface area contributed by atoms with Crippen LogP contribution < -0.4 is 16.4 Å². The van der Waals surface area contributed by atoms with Crippen molar-refractivity contribution < 1.29 is 33.4 Å². The zero-order valence-electron chi connectivity index (χ0n) is 42.1. The summed E-state index contributed by atoms with van der Waals surface area (Å²) >= 11 is 0. The number of carbonyl (C=O) groups is 5. The molecule has 0 aliphatic carbocycles. The standard InChI is InChI=1S/2C17H24N2O3.C12H16N2O.3C2H6/c2*1-17(2,3)22-16(21)18-14-10-13(11-19(4)15(14)20)12-8-6-5-7-9-12;1-14-8-10(7-11(13)12(14)15)9-5-3-2-4-6-9;3*1-2/h2*5-9,13-14H,10-11H2,1-4H3,(H,18,21);2-6,10-11H,7-8,13H2,1H3;3*1-2H3/t13-,14+;;10-,11+;;;/m1.1.../s1. The number of likely N-dealkylation sites (N-methyl/N-ethyl adjacent to an activating group) is 3.